The van der Waals surface area contributed by atoms with E-state index in [1.54, 1.807) is 72.8 Å². The summed E-state index contributed by atoms with van der Waals surface area (Å²) in [6.07, 6.45) is -7.72. The zero-order chi connectivity index (χ0) is 30.9. The quantitative estimate of drug-likeness (QED) is 0.221. The molecule has 0 spiro atoms. The Kier molecular flexibility index (Phi) is 9.75. The van der Waals surface area contributed by atoms with Crippen LogP contribution in [0, 0.1) is 0 Å². The molecule has 1 saturated heterocycles. The van der Waals surface area contributed by atoms with E-state index < -0.39 is 61.2 Å². The number of carbonyl (C=O) groups is 4. The summed E-state index contributed by atoms with van der Waals surface area (Å²) in [6.45, 7) is -0.731. The van der Waals surface area contributed by atoms with E-state index >= 15 is 0 Å². The smallest absolute Gasteiger partial charge is 0.340 e. The number of aliphatic hydroxyl groups is 1. The number of hydrogen-bond donors (Lipinski definition) is 1. The lowest BCUT2D eigenvalue weighted by Gasteiger charge is -2.43. The summed E-state index contributed by atoms with van der Waals surface area (Å²) in [4.78, 5) is 52.9. The Morgan fingerprint density at radius 2 is 0.795 bits per heavy atom. The molecule has 1 fully saturated rings. The van der Waals surface area contributed by atoms with E-state index in [0.29, 0.717) is 0 Å². The van der Waals surface area contributed by atoms with E-state index in [-0.39, 0.29) is 22.3 Å². The van der Waals surface area contributed by atoms with Crippen LogP contribution in [0.25, 0.3) is 0 Å². The first kappa shape index (κ1) is 30.1. The molecule has 224 valence electrons. The molecule has 0 amide bonds. The molecule has 4 aromatic carbocycles. The molecule has 1 N–H and O–H groups in total. The Balaban J connectivity index is 1.54. The van der Waals surface area contributed by atoms with E-state index in [2.05, 4.69) is 0 Å². The summed E-state index contributed by atoms with van der Waals surface area (Å²) in [5, 5.41) is 10.3. The third-order valence-corrected chi connectivity index (χ3v) is 6.76. The number of carbonyl (C=O) groups excluding carboxylic acids is 4. The number of esters is 4. The van der Waals surface area contributed by atoms with Gasteiger partial charge in [0.15, 0.2) is 12.2 Å². The molecule has 1 heterocycles. The zero-order valence-electron chi connectivity index (χ0n) is 23.3. The number of rotatable bonds is 9. The van der Waals surface area contributed by atoms with Crippen molar-refractivity contribution in [1.29, 1.82) is 0 Å². The van der Waals surface area contributed by atoms with Crippen molar-refractivity contribution in [3.63, 3.8) is 0 Å². The molecule has 0 saturated carbocycles. The number of benzene rings is 4. The van der Waals surface area contributed by atoms with Gasteiger partial charge in [-0.25, -0.2) is 19.2 Å². The van der Waals surface area contributed by atoms with Crippen LogP contribution < -0.4 is 0 Å². The van der Waals surface area contributed by atoms with Crippen LogP contribution in [0.2, 0.25) is 0 Å². The lowest BCUT2D eigenvalue weighted by molar-refractivity contribution is -0.283. The molecular weight excluding hydrogens is 568 g/mol. The van der Waals surface area contributed by atoms with Gasteiger partial charge >= 0.3 is 23.9 Å². The summed E-state index contributed by atoms with van der Waals surface area (Å²) >= 11 is 0. The molecular formula is C34H28O10. The van der Waals surface area contributed by atoms with Gasteiger partial charge in [0.25, 0.3) is 0 Å². The van der Waals surface area contributed by atoms with Gasteiger partial charge in [-0.3, -0.25) is 0 Å². The Morgan fingerprint density at radius 1 is 0.477 bits per heavy atom. The fraction of sp³-hybridized carbons (Fsp3) is 0.176. The van der Waals surface area contributed by atoms with Crippen LogP contribution in [0.1, 0.15) is 41.4 Å². The van der Waals surface area contributed by atoms with E-state index in [0.717, 1.165) is 0 Å². The summed E-state index contributed by atoms with van der Waals surface area (Å²) < 4.78 is 28.9. The van der Waals surface area contributed by atoms with Gasteiger partial charge in [0.05, 0.1) is 28.9 Å². The van der Waals surface area contributed by atoms with Crippen molar-refractivity contribution in [2.45, 2.75) is 30.7 Å². The zero-order valence-corrected chi connectivity index (χ0v) is 23.3. The Bertz CT molecular complexity index is 1560. The normalized spacial score (nSPS) is 21.0. The fourth-order valence-corrected chi connectivity index (χ4v) is 4.57. The molecule has 0 bridgehead atoms. The lowest BCUT2D eigenvalue weighted by atomic mass is 9.97. The van der Waals surface area contributed by atoms with E-state index in [9.17, 15) is 24.3 Å². The summed E-state index contributed by atoms with van der Waals surface area (Å²) in [5.41, 5.74) is 0.641. The highest BCUT2D eigenvalue weighted by molar-refractivity contribution is 5.92. The van der Waals surface area contributed by atoms with Gasteiger partial charge in [0, 0.05) is 0 Å². The average Bonchev–Trinajstić information content (AvgIpc) is 3.08. The highest BCUT2D eigenvalue weighted by Gasteiger charge is 2.54. The van der Waals surface area contributed by atoms with Gasteiger partial charge < -0.3 is 28.8 Å². The van der Waals surface area contributed by atoms with Crippen LogP contribution in [-0.2, 0) is 23.7 Å². The second kappa shape index (κ2) is 14.2. The molecule has 10 heteroatoms. The molecule has 1 aliphatic rings. The molecule has 0 radical (unpaired) electrons. The van der Waals surface area contributed by atoms with Gasteiger partial charge in [-0.15, -0.1) is 0 Å². The molecule has 10 nitrogen and oxygen atoms in total. The van der Waals surface area contributed by atoms with Crippen molar-refractivity contribution in [2.75, 3.05) is 6.61 Å². The van der Waals surface area contributed by atoms with Crippen LogP contribution in [0.5, 0.6) is 0 Å². The standard InChI is InChI=1S/C34H28O10/c35-21-26-27(41-30(36)22-13-5-1-6-14-22)28(42-31(37)23-15-7-2-8-16-23)29(43-32(38)24-17-9-3-10-18-24)34(40-26)44-33(39)25-19-11-4-12-20-25/h1-20,26-29,34-35H,21H2/t26-,27+,28+,29-,34?/m1/s1. The van der Waals surface area contributed by atoms with Gasteiger partial charge in [0.2, 0.25) is 12.4 Å². The number of ether oxygens (including phenoxy) is 5. The monoisotopic (exact) mass is 596 g/mol. The Hall–Kier alpha value is -5.32. The fourth-order valence-electron chi connectivity index (χ4n) is 4.57. The molecule has 1 aliphatic heterocycles. The van der Waals surface area contributed by atoms with Crippen LogP contribution in [0.15, 0.2) is 121 Å². The average molecular weight is 597 g/mol. The first-order valence-corrected chi connectivity index (χ1v) is 13.7. The summed E-state index contributed by atoms with van der Waals surface area (Å²) in [5.74, 6) is -3.34. The van der Waals surface area contributed by atoms with E-state index in [4.69, 9.17) is 23.7 Å². The maximum Gasteiger partial charge on any atom is 0.340 e. The highest BCUT2D eigenvalue weighted by Crippen LogP contribution is 2.31. The van der Waals surface area contributed by atoms with Crippen LogP contribution >= 0.6 is 0 Å². The molecule has 5 atom stereocenters. The Labute approximate surface area is 252 Å². The minimum atomic E-state index is -1.67. The number of hydrogen-bond acceptors (Lipinski definition) is 10. The maximum atomic E-state index is 13.3. The molecule has 1 unspecified atom stereocenters. The predicted molar refractivity (Wildman–Crippen MR) is 155 cm³/mol. The van der Waals surface area contributed by atoms with Crippen molar-refractivity contribution >= 4 is 23.9 Å². The highest BCUT2D eigenvalue weighted by atomic mass is 16.7. The minimum absolute atomic E-state index is 0.149. The largest absolute Gasteiger partial charge is 0.452 e. The maximum absolute atomic E-state index is 13.3. The first-order valence-electron chi connectivity index (χ1n) is 13.7. The van der Waals surface area contributed by atoms with E-state index in [1.165, 1.54) is 48.5 Å². The topological polar surface area (TPSA) is 135 Å². The SMILES string of the molecule is O=C(OC1O[C@H](CO)[C@H](OC(=O)c2ccccc2)[C@H](OC(=O)c2ccccc2)[C@H]1OC(=O)c1ccccc1)c1ccccc1. The minimum Gasteiger partial charge on any atom is -0.452 e. The second-order valence-electron chi connectivity index (χ2n) is 9.70. The number of aliphatic hydroxyl groups excluding tert-OH is 1. The van der Waals surface area contributed by atoms with Gasteiger partial charge in [-0.1, -0.05) is 72.8 Å². The van der Waals surface area contributed by atoms with Crippen molar-refractivity contribution in [2.24, 2.45) is 0 Å². The molecule has 4 aromatic rings. The van der Waals surface area contributed by atoms with Crippen molar-refractivity contribution < 1.29 is 48.0 Å². The third kappa shape index (κ3) is 7.17. The Morgan fingerprint density at radius 3 is 1.16 bits per heavy atom. The van der Waals surface area contributed by atoms with Crippen LogP contribution in [-0.4, -0.2) is 66.3 Å². The van der Waals surface area contributed by atoms with Gasteiger partial charge in [-0.2, -0.15) is 0 Å². The van der Waals surface area contributed by atoms with Gasteiger partial charge in [0.1, 0.15) is 6.10 Å². The second-order valence-corrected chi connectivity index (χ2v) is 9.70. The molecule has 44 heavy (non-hydrogen) atoms. The van der Waals surface area contributed by atoms with Gasteiger partial charge in [-0.05, 0) is 48.5 Å². The lowest BCUT2D eigenvalue weighted by Crippen LogP contribution is -2.63. The summed E-state index contributed by atoms with van der Waals surface area (Å²) in [7, 11) is 0. The predicted octanol–water partition coefficient (Wildman–Crippen LogP) is 4.24. The third-order valence-electron chi connectivity index (χ3n) is 6.76. The van der Waals surface area contributed by atoms with E-state index in [1.807, 2.05) is 0 Å². The first-order chi connectivity index (χ1) is 21.4. The summed E-state index contributed by atoms with van der Waals surface area (Å²) in [6, 6.07) is 32.0. The van der Waals surface area contributed by atoms with Crippen molar-refractivity contribution in [3.8, 4) is 0 Å². The van der Waals surface area contributed by atoms with Crippen molar-refractivity contribution in [3.05, 3.63) is 144 Å². The van der Waals surface area contributed by atoms with Crippen molar-refractivity contribution in [1.82, 2.24) is 0 Å². The molecule has 5 rings (SSSR count). The molecule has 0 aromatic heterocycles. The molecule has 0 aliphatic carbocycles. The van der Waals surface area contributed by atoms with Crippen LogP contribution in [0.3, 0.4) is 0 Å². The van der Waals surface area contributed by atoms with Crippen LogP contribution in [0.4, 0.5) is 0 Å².